The molecule has 1 aromatic rings. The minimum atomic E-state index is -1.35. The van der Waals surface area contributed by atoms with Crippen LogP contribution >= 0.6 is 0 Å². The standard InChI is InChI=1S/C13H18N2O6/c1-2-3-4-15-5-7(12(19)14-13(15)20)11-10(18)9(17)8(6-16)21-11/h2,5,8-11,16-18H,1,3-4,6H2,(H,14,19,20)/t8-,9-,10-,11+/m1/s1. The Bertz CT molecular complexity index is 622. The highest BCUT2D eigenvalue weighted by Gasteiger charge is 2.44. The molecule has 1 fully saturated rings. The Morgan fingerprint density at radius 2 is 2.10 bits per heavy atom. The fraction of sp³-hybridized carbons (Fsp3) is 0.538. The molecule has 1 aliphatic rings. The number of nitrogens with zero attached hydrogens (tertiary/aromatic N) is 1. The summed E-state index contributed by atoms with van der Waals surface area (Å²) < 4.78 is 6.57. The summed E-state index contributed by atoms with van der Waals surface area (Å²) in [7, 11) is 0. The SMILES string of the molecule is C=CCCn1cc([C@@H]2O[C@H](CO)[C@@H](O)[C@H]2O)c(=O)[nH]c1=O. The maximum absolute atomic E-state index is 11.9. The second kappa shape index (κ2) is 6.35. The molecule has 2 rings (SSSR count). The Balaban J connectivity index is 2.37. The van der Waals surface area contributed by atoms with Gasteiger partial charge in [0.25, 0.3) is 5.56 Å². The number of H-pyrrole nitrogens is 1. The van der Waals surface area contributed by atoms with Crippen LogP contribution in [-0.2, 0) is 11.3 Å². The fourth-order valence-corrected chi connectivity index (χ4v) is 2.28. The monoisotopic (exact) mass is 298 g/mol. The van der Waals surface area contributed by atoms with Gasteiger partial charge in [0.15, 0.2) is 0 Å². The van der Waals surface area contributed by atoms with Crippen molar-refractivity contribution < 1.29 is 20.1 Å². The number of aromatic amines is 1. The molecule has 0 aliphatic carbocycles. The Labute approximate surface area is 119 Å². The highest BCUT2D eigenvalue weighted by Crippen LogP contribution is 2.31. The van der Waals surface area contributed by atoms with Gasteiger partial charge < -0.3 is 20.1 Å². The van der Waals surface area contributed by atoms with E-state index in [2.05, 4.69) is 11.6 Å². The van der Waals surface area contributed by atoms with Gasteiger partial charge in [0, 0.05) is 12.7 Å². The Morgan fingerprint density at radius 1 is 1.38 bits per heavy atom. The summed E-state index contributed by atoms with van der Waals surface area (Å²) in [6.45, 7) is 3.39. The molecule has 8 nitrogen and oxygen atoms in total. The predicted octanol–water partition coefficient (Wildman–Crippen LogP) is -1.73. The van der Waals surface area contributed by atoms with Gasteiger partial charge in [-0.15, -0.1) is 6.58 Å². The van der Waals surface area contributed by atoms with E-state index in [4.69, 9.17) is 9.84 Å². The number of rotatable bonds is 5. The Morgan fingerprint density at radius 3 is 2.67 bits per heavy atom. The van der Waals surface area contributed by atoms with E-state index in [1.807, 2.05) is 0 Å². The molecule has 116 valence electrons. The maximum Gasteiger partial charge on any atom is 0.328 e. The first-order chi connectivity index (χ1) is 9.99. The molecule has 0 radical (unpaired) electrons. The minimum Gasteiger partial charge on any atom is -0.394 e. The number of hydrogen-bond acceptors (Lipinski definition) is 6. The molecule has 21 heavy (non-hydrogen) atoms. The van der Waals surface area contributed by atoms with Gasteiger partial charge in [0.1, 0.15) is 24.4 Å². The van der Waals surface area contributed by atoms with Crippen LogP contribution in [0, 0.1) is 0 Å². The van der Waals surface area contributed by atoms with Gasteiger partial charge in [-0.25, -0.2) is 4.79 Å². The second-order valence-electron chi connectivity index (χ2n) is 4.87. The number of aryl methyl sites for hydroxylation is 1. The normalized spacial score (nSPS) is 28.7. The molecule has 4 N–H and O–H groups in total. The zero-order valence-corrected chi connectivity index (χ0v) is 11.3. The predicted molar refractivity (Wildman–Crippen MR) is 72.9 cm³/mol. The molecule has 4 atom stereocenters. The molecular weight excluding hydrogens is 280 g/mol. The van der Waals surface area contributed by atoms with Crippen molar-refractivity contribution in [2.45, 2.75) is 37.4 Å². The summed E-state index contributed by atoms with van der Waals surface area (Å²) in [5.74, 6) is 0. The van der Waals surface area contributed by atoms with Gasteiger partial charge in [-0.1, -0.05) is 6.08 Å². The molecule has 0 saturated carbocycles. The summed E-state index contributed by atoms with van der Waals surface area (Å²) in [5, 5.41) is 28.7. The molecule has 0 spiro atoms. The lowest BCUT2D eigenvalue weighted by molar-refractivity contribution is -0.0233. The van der Waals surface area contributed by atoms with Crippen LogP contribution in [0.15, 0.2) is 28.4 Å². The van der Waals surface area contributed by atoms with E-state index in [0.717, 1.165) is 0 Å². The lowest BCUT2D eigenvalue weighted by Gasteiger charge is -2.15. The minimum absolute atomic E-state index is 0.0289. The van der Waals surface area contributed by atoms with Crippen molar-refractivity contribution in [3.05, 3.63) is 45.3 Å². The quantitative estimate of drug-likeness (QED) is 0.479. The number of aromatic nitrogens is 2. The van der Waals surface area contributed by atoms with Crippen LogP contribution in [0.4, 0.5) is 0 Å². The van der Waals surface area contributed by atoms with Crippen molar-refractivity contribution in [1.82, 2.24) is 9.55 Å². The van der Waals surface area contributed by atoms with Crippen molar-refractivity contribution in [3.63, 3.8) is 0 Å². The van der Waals surface area contributed by atoms with Crippen LogP contribution in [0.3, 0.4) is 0 Å². The van der Waals surface area contributed by atoms with E-state index >= 15 is 0 Å². The first-order valence-corrected chi connectivity index (χ1v) is 6.56. The van der Waals surface area contributed by atoms with Gasteiger partial charge in [-0.05, 0) is 6.42 Å². The van der Waals surface area contributed by atoms with E-state index in [-0.39, 0.29) is 5.56 Å². The van der Waals surface area contributed by atoms with Crippen LogP contribution in [0.25, 0.3) is 0 Å². The van der Waals surface area contributed by atoms with Crippen LogP contribution in [0.1, 0.15) is 18.1 Å². The summed E-state index contributed by atoms with van der Waals surface area (Å²) in [6, 6.07) is 0. The lowest BCUT2D eigenvalue weighted by Crippen LogP contribution is -2.36. The largest absolute Gasteiger partial charge is 0.394 e. The van der Waals surface area contributed by atoms with Crippen molar-refractivity contribution in [2.24, 2.45) is 0 Å². The van der Waals surface area contributed by atoms with Gasteiger partial charge in [0.05, 0.1) is 12.2 Å². The molecule has 0 unspecified atom stereocenters. The third kappa shape index (κ3) is 2.98. The van der Waals surface area contributed by atoms with Gasteiger partial charge in [0.2, 0.25) is 0 Å². The van der Waals surface area contributed by atoms with Crippen molar-refractivity contribution >= 4 is 0 Å². The molecule has 1 saturated heterocycles. The zero-order chi connectivity index (χ0) is 15.6. The zero-order valence-electron chi connectivity index (χ0n) is 11.3. The van der Waals surface area contributed by atoms with E-state index in [9.17, 15) is 19.8 Å². The van der Waals surface area contributed by atoms with Crippen LogP contribution in [0.2, 0.25) is 0 Å². The topological polar surface area (TPSA) is 125 Å². The maximum atomic E-state index is 11.9. The number of aliphatic hydroxyl groups excluding tert-OH is 3. The third-order valence-corrected chi connectivity index (χ3v) is 3.46. The molecule has 8 heteroatoms. The highest BCUT2D eigenvalue weighted by molar-refractivity contribution is 5.14. The molecule has 0 aromatic carbocycles. The highest BCUT2D eigenvalue weighted by atomic mass is 16.6. The molecule has 1 aliphatic heterocycles. The lowest BCUT2D eigenvalue weighted by atomic mass is 10.0. The van der Waals surface area contributed by atoms with Crippen LogP contribution in [-0.4, -0.2) is 49.8 Å². The van der Waals surface area contributed by atoms with Gasteiger partial charge in [-0.3, -0.25) is 14.3 Å². The average molecular weight is 298 g/mol. The van der Waals surface area contributed by atoms with Crippen LogP contribution < -0.4 is 11.2 Å². The van der Waals surface area contributed by atoms with Gasteiger partial charge in [-0.2, -0.15) is 0 Å². The van der Waals surface area contributed by atoms with E-state index in [0.29, 0.717) is 13.0 Å². The Kier molecular flexibility index (Phi) is 4.73. The van der Waals surface area contributed by atoms with Gasteiger partial charge >= 0.3 is 5.69 Å². The molecular formula is C13H18N2O6. The van der Waals surface area contributed by atoms with E-state index in [1.165, 1.54) is 10.8 Å². The number of nitrogens with one attached hydrogen (secondary N) is 1. The number of aliphatic hydroxyl groups is 3. The summed E-state index contributed by atoms with van der Waals surface area (Å²) >= 11 is 0. The van der Waals surface area contributed by atoms with E-state index in [1.54, 1.807) is 6.08 Å². The third-order valence-electron chi connectivity index (χ3n) is 3.46. The average Bonchev–Trinajstić information content (AvgIpc) is 2.74. The Hall–Kier alpha value is -1.74. The first-order valence-electron chi connectivity index (χ1n) is 6.56. The summed E-state index contributed by atoms with van der Waals surface area (Å²) in [6.07, 6.45) is -1.27. The second-order valence-corrected chi connectivity index (χ2v) is 4.87. The van der Waals surface area contributed by atoms with E-state index < -0.39 is 42.3 Å². The molecule has 1 aromatic heterocycles. The summed E-state index contributed by atoms with van der Waals surface area (Å²) in [5.41, 5.74) is -1.23. The number of ether oxygens (including phenoxy) is 1. The van der Waals surface area contributed by atoms with Crippen molar-refractivity contribution in [2.75, 3.05) is 6.61 Å². The smallest absolute Gasteiger partial charge is 0.328 e. The first kappa shape index (κ1) is 15.6. The van der Waals surface area contributed by atoms with Crippen LogP contribution in [0.5, 0.6) is 0 Å². The van der Waals surface area contributed by atoms with Crippen molar-refractivity contribution in [3.8, 4) is 0 Å². The number of allylic oxidation sites excluding steroid dienone is 1. The van der Waals surface area contributed by atoms with Crippen molar-refractivity contribution in [1.29, 1.82) is 0 Å². The number of hydrogen-bond donors (Lipinski definition) is 4. The molecule has 0 bridgehead atoms. The summed E-state index contributed by atoms with van der Waals surface area (Å²) in [4.78, 5) is 25.7. The molecule has 0 amide bonds. The molecule has 2 heterocycles. The fourth-order valence-electron chi connectivity index (χ4n) is 2.28.